The van der Waals surface area contributed by atoms with Gasteiger partial charge in [-0.05, 0) is 43.2 Å². The molecule has 0 bridgehead atoms. The number of hydrogen-bond acceptors (Lipinski definition) is 5. The van der Waals surface area contributed by atoms with E-state index in [-0.39, 0.29) is 11.7 Å². The number of carbonyl (C=O) groups excluding carboxylic acids is 1. The highest BCUT2D eigenvalue weighted by atomic mass is 32.2. The summed E-state index contributed by atoms with van der Waals surface area (Å²) in [6, 6.07) is 13.7. The number of benzene rings is 2. The molecule has 6 heteroatoms. The summed E-state index contributed by atoms with van der Waals surface area (Å²) in [6.07, 6.45) is 0.852. The molecule has 1 aliphatic rings. The van der Waals surface area contributed by atoms with E-state index in [2.05, 4.69) is 31.3 Å². The molecule has 0 unspecified atom stereocenters. The van der Waals surface area contributed by atoms with Crippen LogP contribution in [0.2, 0.25) is 0 Å². The Bertz CT molecular complexity index is 1040. The number of para-hydroxylation sites is 1. The average molecular weight is 394 g/mol. The number of rotatable bonds is 4. The number of carbonyl (C=O) groups is 1. The van der Waals surface area contributed by atoms with Gasteiger partial charge in [-0.15, -0.1) is 0 Å². The summed E-state index contributed by atoms with van der Waals surface area (Å²) in [6.45, 7) is 5.39. The zero-order valence-electron chi connectivity index (χ0n) is 16.0. The number of fused-ring (bicyclic) bond motifs is 2. The topological polar surface area (TPSA) is 60.5 Å². The van der Waals surface area contributed by atoms with Crippen molar-refractivity contribution in [2.24, 2.45) is 0 Å². The maximum atomic E-state index is 12.4. The summed E-state index contributed by atoms with van der Waals surface area (Å²) >= 11 is 1.44. The van der Waals surface area contributed by atoms with Gasteiger partial charge in [0.05, 0.1) is 29.5 Å². The summed E-state index contributed by atoms with van der Waals surface area (Å²) in [5.41, 5.74) is 4.00. The zero-order chi connectivity index (χ0) is 19.5. The number of aryl methyl sites for hydroxylation is 2. The SMILES string of the molecule is Cc1cc(SCC(=O)Nc2ccc3c(c2)OCCCO3)nc2c(C)cccc12. The number of aromatic nitrogens is 1. The highest BCUT2D eigenvalue weighted by Gasteiger charge is 2.13. The van der Waals surface area contributed by atoms with E-state index >= 15 is 0 Å². The van der Waals surface area contributed by atoms with Gasteiger partial charge in [0.15, 0.2) is 11.5 Å². The van der Waals surface area contributed by atoms with Crippen LogP contribution in [-0.2, 0) is 4.79 Å². The molecule has 3 aromatic rings. The highest BCUT2D eigenvalue weighted by Crippen LogP contribution is 2.32. The van der Waals surface area contributed by atoms with Crippen LogP contribution in [0.5, 0.6) is 11.5 Å². The monoisotopic (exact) mass is 394 g/mol. The molecule has 1 N–H and O–H groups in total. The van der Waals surface area contributed by atoms with E-state index < -0.39 is 0 Å². The Balaban J connectivity index is 1.43. The first-order valence-corrected chi connectivity index (χ1v) is 10.3. The fourth-order valence-electron chi connectivity index (χ4n) is 3.18. The van der Waals surface area contributed by atoms with Gasteiger partial charge >= 0.3 is 0 Å². The molecule has 2 aromatic carbocycles. The molecule has 0 aliphatic carbocycles. The van der Waals surface area contributed by atoms with Gasteiger partial charge < -0.3 is 14.8 Å². The molecule has 5 nitrogen and oxygen atoms in total. The quantitative estimate of drug-likeness (QED) is 0.648. The van der Waals surface area contributed by atoms with Crippen LogP contribution in [0.1, 0.15) is 17.5 Å². The second-order valence-electron chi connectivity index (χ2n) is 6.80. The van der Waals surface area contributed by atoms with E-state index in [1.807, 2.05) is 30.3 Å². The Labute approximate surface area is 168 Å². The van der Waals surface area contributed by atoms with Gasteiger partial charge in [-0.3, -0.25) is 4.79 Å². The van der Waals surface area contributed by atoms with Crippen LogP contribution in [0, 0.1) is 13.8 Å². The van der Waals surface area contributed by atoms with E-state index in [0.29, 0.717) is 24.7 Å². The number of anilines is 1. The molecule has 0 saturated heterocycles. The van der Waals surface area contributed by atoms with E-state index in [1.54, 1.807) is 0 Å². The molecule has 0 atom stereocenters. The smallest absolute Gasteiger partial charge is 0.234 e. The fraction of sp³-hybridized carbons (Fsp3) is 0.273. The fourth-order valence-corrected chi connectivity index (χ4v) is 3.95. The molecule has 1 amide bonds. The molecule has 1 aliphatic heterocycles. The van der Waals surface area contributed by atoms with Crippen LogP contribution in [0.15, 0.2) is 47.5 Å². The predicted molar refractivity (Wildman–Crippen MR) is 113 cm³/mol. The maximum absolute atomic E-state index is 12.4. The molecule has 0 spiro atoms. The van der Waals surface area contributed by atoms with Gasteiger partial charge in [0.1, 0.15) is 0 Å². The minimum atomic E-state index is -0.0798. The van der Waals surface area contributed by atoms with Crippen LogP contribution in [0.3, 0.4) is 0 Å². The molecular weight excluding hydrogens is 372 g/mol. The van der Waals surface area contributed by atoms with Crippen molar-refractivity contribution in [1.82, 2.24) is 4.98 Å². The molecule has 144 valence electrons. The average Bonchev–Trinajstić information content (AvgIpc) is 2.92. The maximum Gasteiger partial charge on any atom is 0.234 e. The Hall–Kier alpha value is -2.73. The van der Waals surface area contributed by atoms with Gasteiger partial charge in [0.2, 0.25) is 5.91 Å². The van der Waals surface area contributed by atoms with Gasteiger partial charge in [-0.2, -0.15) is 0 Å². The summed E-state index contributed by atoms with van der Waals surface area (Å²) < 4.78 is 11.3. The van der Waals surface area contributed by atoms with Gasteiger partial charge in [0, 0.05) is 23.6 Å². The number of pyridine rings is 1. The third-order valence-corrected chi connectivity index (χ3v) is 5.52. The number of hydrogen-bond donors (Lipinski definition) is 1. The summed E-state index contributed by atoms with van der Waals surface area (Å²) in [7, 11) is 0. The van der Waals surface area contributed by atoms with Crippen molar-refractivity contribution >= 4 is 34.3 Å². The Morgan fingerprint density at radius 1 is 1.07 bits per heavy atom. The summed E-state index contributed by atoms with van der Waals surface area (Å²) in [5, 5.41) is 4.93. The zero-order valence-corrected chi connectivity index (χ0v) is 16.8. The molecule has 4 rings (SSSR count). The Kier molecular flexibility index (Phi) is 5.39. The number of ether oxygens (including phenoxy) is 2. The lowest BCUT2D eigenvalue weighted by Crippen LogP contribution is -2.14. The predicted octanol–water partition coefficient (Wildman–Crippen LogP) is 4.74. The Morgan fingerprint density at radius 2 is 1.89 bits per heavy atom. The second kappa shape index (κ2) is 8.10. The minimum Gasteiger partial charge on any atom is -0.490 e. The summed E-state index contributed by atoms with van der Waals surface area (Å²) in [4.78, 5) is 17.1. The first-order chi connectivity index (χ1) is 13.6. The molecular formula is C22H22N2O3S. The van der Waals surface area contributed by atoms with Crippen LogP contribution < -0.4 is 14.8 Å². The van der Waals surface area contributed by atoms with Crippen LogP contribution >= 0.6 is 11.8 Å². The van der Waals surface area contributed by atoms with Crippen LogP contribution in [0.4, 0.5) is 5.69 Å². The Morgan fingerprint density at radius 3 is 2.75 bits per heavy atom. The third-order valence-electron chi connectivity index (χ3n) is 4.61. The number of nitrogens with one attached hydrogen (secondary N) is 1. The van der Waals surface area contributed by atoms with Crippen LogP contribution in [-0.4, -0.2) is 29.9 Å². The van der Waals surface area contributed by atoms with E-state index in [4.69, 9.17) is 14.5 Å². The molecule has 2 heterocycles. The molecule has 0 saturated carbocycles. The largest absolute Gasteiger partial charge is 0.490 e. The van der Waals surface area contributed by atoms with Crippen molar-refractivity contribution in [2.45, 2.75) is 25.3 Å². The normalized spacial score (nSPS) is 13.2. The molecule has 0 radical (unpaired) electrons. The van der Waals surface area contributed by atoms with Gasteiger partial charge in [-0.1, -0.05) is 30.0 Å². The second-order valence-corrected chi connectivity index (χ2v) is 7.79. The van der Waals surface area contributed by atoms with Crippen molar-refractivity contribution in [3.05, 3.63) is 53.6 Å². The number of thioether (sulfide) groups is 1. The van der Waals surface area contributed by atoms with Crippen molar-refractivity contribution in [1.29, 1.82) is 0 Å². The van der Waals surface area contributed by atoms with Crippen LogP contribution in [0.25, 0.3) is 10.9 Å². The van der Waals surface area contributed by atoms with Crippen molar-refractivity contribution in [3.8, 4) is 11.5 Å². The molecule has 28 heavy (non-hydrogen) atoms. The highest BCUT2D eigenvalue weighted by molar-refractivity contribution is 7.99. The molecule has 1 aromatic heterocycles. The lowest BCUT2D eigenvalue weighted by atomic mass is 10.1. The van der Waals surface area contributed by atoms with E-state index in [1.165, 1.54) is 17.3 Å². The van der Waals surface area contributed by atoms with Crippen molar-refractivity contribution in [2.75, 3.05) is 24.3 Å². The molecule has 0 fully saturated rings. The first-order valence-electron chi connectivity index (χ1n) is 9.29. The lowest BCUT2D eigenvalue weighted by molar-refractivity contribution is -0.113. The standard InChI is InChI=1S/C22H22N2O3S/c1-14-5-3-6-17-15(2)11-21(24-22(14)17)28-13-20(25)23-16-7-8-18-19(12-16)27-10-4-9-26-18/h3,5-8,11-12H,4,9-10,13H2,1-2H3,(H,23,25). The third kappa shape index (κ3) is 4.07. The van der Waals surface area contributed by atoms with Crippen molar-refractivity contribution < 1.29 is 14.3 Å². The number of amides is 1. The van der Waals surface area contributed by atoms with E-state index in [0.717, 1.165) is 33.7 Å². The number of nitrogens with zero attached hydrogens (tertiary/aromatic N) is 1. The lowest BCUT2D eigenvalue weighted by Gasteiger charge is -2.11. The summed E-state index contributed by atoms with van der Waals surface area (Å²) in [5.74, 6) is 1.60. The van der Waals surface area contributed by atoms with E-state index in [9.17, 15) is 4.79 Å². The van der Waals surface area contributed by atoms with Crippen molar-refractivity contribution in [3.63, 3.8) is 0 Å². The first kappa shape index (κ1) is 18.6. The van der Waals surface area contributed by atoms with Gasteiger partial charge in [0.25, 0.3) is 0 Å². The minimum absolute atomic E-state index is 0.0798. The van der Waals surface area contributed by atoms with Gasteiger partial charge in [-0.25, -0.2) is 4.98 Å².